The van der Waals surface area contributed by atoms with E-state index in [9.17, 15) is 28.8 Å². The molecule has 6 atom stereocenters. The first-order chi connectivity index (χ1) is 20.7. The molecular formula is C26H34FN6O10P. The molecule has 3 rings (SSSR count). The van der Waals surface area contributed by atoms with Crippen LogP contribution < -0.4 is 20.9 Å². The van der Waals surface area contributed by atoms with Crippen molar-refractivity contribution < 1.29 is 42.2 Å². The number of carbonyl (C=O) groups excluding carboxylic acids is 2. The van der Waals surface area contributed by atoms with E-state index in [2.05, 4.69) is 15.1 Å². The molecule has 2 aromatic rings. The highest BCUT2D eigenvalue weighted by Gasteiger charge is 2.57. The van der Waals surface area contributed by atoms with Crippen molar-refractivity contribution in [3.05, 3.63) is 73.4 Å². The van der Waals surface area contributed by atoms with Crippen LogP contribution in [-0.2, 0) is 34.6 Å². The van der Waals surface area contributed by atoms with Gasteiger partial charge in [0, 0.05) is 23.6 Å². The number of aromatic nitrogens is 2. The summed E-state index contributed by atoms with van der Waals surface area (Å²) in [6, 6.07) is 5.99. The van der Waals surface area contributed by atoms with E-state index >= 15 is 4.39 Å². The molecule has 0 bridgehead atoms. The van der Waals surface area contributed by atoms with Gasteiger partial charge in [0.05, 0.1) is 19.3 Å². The van der Waals surface area contributed by atoms with E-state index in [1.54, 1.807) is 32.0 Å². The van der Waals surface area contributed by atoms with Crippen molar-refractivity contribution in [1.29, 1.82) is 0 Å². The number of H-pyrrole nitrogens is 1. The molecule has 18 heteroatoms. The van der Waals surface area contributed by atoms with Gasteiger partial charge in [-0.1, -0.05) is 23.3 Å². The van der Waals surface area contributed by atoms with Gasteiger partial charge in [-0.25, -0.2) is 13.8 Å². The fourth-order valence-electron chi connectivity index (χ4n) is 4.25. The molecule has 1 aliphatic rings. The van der Waals surface area contributed by atoms with E-state index in [-0.39, 0.29) is 24.4 Å². The maximum atomic E-state index is 15.5. The molecule has 2 heterocycles. The van der Waals surface area contributed by atoms with Crippen LogP contribution in [0.3, 0.4) is 0 Å². The monoisotopic (exact) mass is 640 g/mol. The second kappa shape index (κ2) is 14.8. The Morgan fingerprint density at radius 3 is 2.64 bits per heavy atom. The first kappa shape index (κ1) is 34.6. The standard InChI is InChI=1S/C26H34FN6O10P/c1-15(2)41-24(37)17(4)31-44(39,43-19-8-6-5-7-18(19)10-9-16(3)34)40-14-26(13-29-32-28)22(36)21(27)23(42-26)33-12-11-20(35)30-25(33)38/h5-8,11-12,15,17,21-23,36H,9-10,13-14H2,1-4H3,(H,31,39)(H,30,35,38)/t17?,21-,22+,23-,26-,44?/m1/s1. The average Bonchev–Trinajstić information content (AvgIpc) is 3.19. The number of rotatable bonds is 15. The lowest BCUT2D eigenvalue weighted by molar-refractivity contribution is -0.149. The molecule has 1 aliphatic heterocycles. The largest absolute Gasteiger partial charge is 0.462 e. The smallest absolute Gasteiger partial charge is 0.459 e. The van der Waals surface area contributed by atoms with Gasteiger partial charge >= 0.3 is 19.4 Å². The van der Waals surface area contributed by atoms with Crippen molar-refractivity contribution in [2.24, 2.45) is 5.11 Å². The fraction of sp³-hybridized carbons (Fsp3) is 0.538. The van der Waals surface area contributed by atoms with E-state index < -0.39 is 74.4 Å². The van der Waals surface area contributed by atoms with Gasteiger partial charge in [0.2, 0.25) is 0 Å². The Kier molecular flexibility index (Phi) is 11.6. The Morgan fingerprint density at radius 1 is 1.30 bits per heavy atom. The summed E-state index contributed by atoms with van der Waals surface area (Å²) in [5, 5.41) is 16.8. The van der Waals surface area contributed by atoms with E-state index in [4.69, 9.17) is 24.1 Å². The lowest BCUT2D eigenvalue weighted by Gasteiger charge is -2.32. The zero-order chi connectivity index (χ0) is 32.7. The van der Waals surface area contributed by atoms with E-state index in [0.29, 0.717) is 10.1 Å². The lowest BCUT2D eigenvalue weighted by Crippen LogP contribution is -2.49. The molecule has 0 aliphatic carbocycles. The van der Waals surface area contributed by atoms with Gasteiger partial charge in [-0.3, -0.25) is 23.7 Å². The molecular weight excluding hydrogens is 606 g/mol. The van der Waals surface area contributed by atoms with Crippen LogP contribution >= 0.6 is 7.75 Å². The Morgan fingerprint density at radius 2 is 2.00 bits per heavy atom. The maximum Gasteiger partial charge on any atom is 0.459 e. The van der Waals surface area contributed by atoms with Gasteiger partial charge in [-0.2, -0.15) is 5.09 Å². The number of aryl methyl sites for hydroxylation is 1. The molecule has 0 spiro atoms. The number of benzene rings is 1. The zero-order valence-electron chi connectivity index (χ0n) is 24.4. The Hall–Kier alpha value is -3.85. The number of esters is 1. The summed E-state index contributed by atoms with van der Waals surface area (Å²) in [7, 11) is -4.65. The molecule has 1 fully saturated rings. The number of aromatic amines is 1. The highest BCUT2D eigenvalue weighted by molar-refractivity contribution is 7.52. The Balaban J connectivity index is 1.98. The van der Waals surface area contributed by atoms with E-state index in [1.165, 1.54) is 19.9 Å². The lowest BCUT2D eigenvalue weighted by atomic mass is 9.97. The predicted octanol–water partition coefficient (Wildman–Crippen LogP) is 2.47. The number of halogens is 1. The third-order valence-electron chi connectivity index (χ3n) is 6.47. The minimum Gasteiger partial charge on any atom is -0.462 e. The maximum absolute atomic E-state index is 15.5. The average molecular weight is 641 g/mol. The van der Waals surface area contributed by atoms with Crippen molar-refractivity contribution in [3.63, 3.8) is 0 Å². The second-order valence-electron chi connectivity index (χ2n) is 10.4. The highest BCUT2D eigenvalue weighted by atomic mass is 31.2. The molecule has 0 saturated carbocycles. The Labute approximate surface area is 250 Å². The van der Waals surface area contributed by atoms with Gasteiger partial charge in [-0.05, 0) is 51.3 Å². The number of carbonyl (C=O) groups is 2. The third kappa shape index (κ3) is 8.62. The summed E-state index contributed by atoms with van der Waals surface area (Å²) >= 11 is 0. The number of azide groups is 1. The van der Waals surface area contributed by atoms with Crippen molar-refractivity contribution >= 4 is 19.5 Å². The molecule has 0 amide bonds. The number of nitrogens with zero attached hydrogens (tertiary/aromatic N) is 4. The zero-order valence-corrected chi connectivity index (χ0v) is 25.3. The fourth-order valence-corrected chi connectivity index (χ4v) is 5.84. The number of aliphatic hydroxyl groups excluding tert-OH is 1. The van der Waals surface area contributed by atoms with Crippen LogP contribution in [0.1, 0.15) is 45.9 Å². The quantitative estimate of drug-likeness (QED) is 0.0843. The van der Waals surface area contributed by atoms with Crippen molar-refractivity contribution in [2.45, 2.75) is 76.8 Å². The van der Waals surface area contributed by atoms with E-state index in [0.717, 1.165) is 12.3 Å². The number of Topliss-reactive ketones (excluding diaryl/α,β-unsaturated/α-hetero) is 1. The summed E-state index contributed by atoms with van der Waals surface area (Å²) < 4.78 is 52.7. The van der Waals surface area contributed by atoms with Gasteiger partial charge in [0.1, 0.15) is 29.3 Å². The summed E-state index contributed by atoms with van der Waals surface area (Å²) in [5.74, 6) is -0.877. The summed E-state index contributed by atoms with van der Waals surface area (Å²) in [6.07, 6.45) is -5.41. The molecule has 44 heavy (non-hydrogen) atoms. The molecule has 0 radical (unpaired) electrons. The normalized spacial score (nSPS) is 23.4. The first-order valence-electron chi connectivity index (χ1n) is 13.5. The summed E-state index contributed by atoms with van der Waals surface area (Å²) in [6.45, 7) is 4.27. The number of hydrogen-bond acceptors (Lipinski definition) is 11. The van der Waals surface area contributed by atoms with Crippen LogP contribution in [0.25, 0.3) is 10.4 Å². The van der Waals surface area contributed by atoms with Crippen molar-refractivity contribution in [2.75, 3.05) is 13.2 Å². The second-order valence-corrected chi connectivity index (χ2v) is 12.1. The van der Waals surface area contributed by atoms with Gasteiger partial charge in [0.15, 0.2) is 12.4 Å². The van der Waals surface area contributed by atoms with Crippen LogP contribution in [0, 0.1) is 0 Å². The number of ether oxygens (including phenoxy) is 2. The van der Waals surface area contributed by atoms with Crippen LogP contribution in [0.4, 0.5) is 4.39 Å². The molecule has 1 saturated heterocycles. The number of hydrogen-bond donors (Lipinski definition) is 3. The van der Waals surface area contributed by atoms with Gasteiger partial charge in [-0.15, -0.1) is 0 Å². The highest BCUT2D eigenvalue weighted by Crippen LogP contribution is 2.49. The number of para-hydroxylation sites is 1. The van der Waals surface area contributed by atoms with Crippen LogP contribution in [-0.4, -0.2) is 69.6 Å². The summed E-state index contributed by atoms with van der Waals surface area (Å²) in [4.78, 5) is 52.6. The number of ketones is 1. The predicted molar refractivity (Wildman–Crippen MR) is 153 cm³/mol. The topological polar surface area (TPSA) is 224 Å². The van der Waals surface area contributed by atoms with Gasteiger partial charge < -0.3 is 23.9 Å². The minimum absolute atomic E-state index is 0.0343. The summed E-state index contributed by atoms with van der Waals surface area (Å²) in [5.41, 5.74) is 5.42. The molecule has 16 nitrogen and oxygen atoms in total. The Bertz CT molecular complexity index is 1560. The minimum atomic E-state index is -4.65. The number of alkyl halides is 1. The van der Waals surface area contributed by atoms with Gasteiger partial charge in [0.25, 0.3) is 5.56 Å². The van der Waals surface area contributed by atoms with Crippen molar-refractivity contribution in [1.82, 2.24) is 14.6 Å². The van der Waals surface area contributed by atoms with E-state index in [1.807, 2.05) is 4.98 Å². The number of aliphatic hydroxyl groups is 1. The third-order valence-corrected chi connectivity index (χ3v) is 8.08. The van der Waals surface area contributed by atoms with Crippen LogP contribution in [0.5, 0.6) is 5.75 Å². The molecule has 2 unspecified atom stereocenters. The van der Waals surface area contributed by atoms with Crippen LogP contribution in [0.15, 0.2) is 51.2 Å². The number of nitrogens with one attached hydrogen (secondary N) is 2. The molecule has 3 N–H and O–H groups in total. The van der Waals surface area contributed by atoms with Crippen LogP contribution in [0.2, 0.25) is 0 Å². The molecule has 240 valence electrons. The molecule has 1 aromatic heterocycles. The SMILES string of the molecule is CC(=O)CCc1ccccc1OP(=O)(NC(C)C(=O)OC(C)C)OC[C@@]1(CN=[N+]=[N-])O[C@@H](n2ccc(=O)[nH]c2=O)[C@H](F)[C@@H]1O. The van der Waals surface area contributed by atoms with Crippen molar-refractivity contribution in [3.8, 4) is 5.75 Å². The first-order valence-corrected chi connectivity index (χ1v) is 15.1. The molecule has 1 aromatic carbocycles.